The monoisotopic (exact) mass is 479 g/mol. The number of nitrogens with one attached hydrogen (secondary N) is 1. The number of fused-ring (bicyclic) bond motifs is 1. The van der Waals surface area contributed by atoms with E-state index in [0.717, 1.165) is 31.4 Å². The molecule has 2 aromatic rings. The average Bonchev–Trinajstić information content (AvgIpc) is 3.30. The molecule has 35 heavy (non-hydrogen) atoms. The summed E-state index contributed by atoms with van der Waals surface area (Å²) < 4.78 is 10.8. The van der Waals surface area contributed by atoms with Gasteiger partial charge in [0.1, 0.15) is 5.76 Å². The Morgan fingerprint density at radius 3 is 2.26 bits per heavy atom. The second-order valence-electron chi connectivity index (χ2n) is 12.0. The highest BCUT2D eigenvalue weighted by Gasteiger charge is 2.37. The van der Waals surface area contributed by atoms with E-state index in [2.05, 4.69) is 52.1 Å². The Labute approximate surface area is 210 Å². The number of methoxy groups -OCH3 is 1. The van der Waals surface area contributed by atoms with Crippen LogP contribution in [0.2, 0.25) is 0 Å². The summed E-state index contributed by atoms with van der Waals surface area (Å²) in [5.41, 5.74) is 5.81. The smallest absolute Gasteiger partial charge is 0.308 e. The van der Waals surface area contributed by atoms with E-state index >= 15 is 0 Å². The number of amides is 1. The fourth-order valence-electron chi connectivity index (χ4n) is 5.83. The summed E-state index contributed by atoms with van der Waals surface area (Å²) in [6.45, 7) is 12.2. The van der Waals surface area contributed by atoms with Crippen LogP contribution >= 0.6 is 0 Å². The molecule has 0 spiro atoms. The molecule has 1 fully saturated rings. The molecule has 0 radical (unpaired) electrons. The van der Waals surface area contributed by atoms with Gasteiger partial charge in [0, 0.05) is 13.0 Å². The lowest BCUT2D eigenvalue weighted by atomic mass is 9.62. The maximum Gasteiger partial charge on any atom is 0.308 e. The largest absolute Gasteiger partial charge is 0.469 e. The first kappa shape index (κ1) is 25.5. The van der Waals surface area contributed by atoms with Crippen molar-refractivity contribution in [3.63, 3.8) is 0 Å². The van der Waals surface area contributed by atoms with E-state index in [1.807, 2.05) is 6.07 Å². The summed E-state index contributed by atoms with van der Waals surface area (Å²) in [5, 5.41) is 3.03. The van der Waals surface area contributed by atoms with Gasteiger partial charge in [-0.3, -0.25) is 9.59 Å². The molecule has 0 unspecified atom stereocenters. The number of hydrogen-bond donors (Lipinski definition) is 1. The SMILES string of the molecule is COC(=O)C1CCC(CNC(=O)c2ccc(Cc3cc4c(cc3C)C(C)(C)CCC4(C)C)o2)CC1. The van der Waals surface area contributed by atoms with Crippen molar-refractivity contribution in [1.82, 2.24) is 5.32 Å². The van der Waals surface area contributed by atoms with Crippen LogP contribution in [0.4, 0.5) is 0 Å². The lowest BCUT2D eigenvalue weighted by molar-refractivity contribution is -0.146. The number of carbonyl (C=O) groups excluding carboxylic acids is 2. The van der Waals surface area contributed by atoms with Gasteiger partial charge in [-0.05, 0) is 96.6 Å². The van der Waals surface area contributed by atoms with Gasteiger partial charge in [0.25, 0.3) is 5.91 Å². The minimum atomic E-state index is -0.170. The number of rotatable bonds is 6. The van der Waals surface area contributed by atoms with Crippen LogP contribution in [0.5, 0.6) is 0 Å². The highest BCUT2D eigenvalue weighted by molar-refractivity contribution is 5.91. The highest BCUT2D eigenvalue weighted by Crippen LogP contribution is 2.46. The normalized spacial score (nSPS) is 22.8. The van der Waals surface area contributed by atoms with Gasteiger partial charge in [0.2, 0.25) is 0 Å². The van der Waals surface area contributed by atoms with Crippen LogP contribution in [0.1, 0.15) is 105 Å². The quantitative estimate of drug-likeness (QED) is 0.498. The van der Waals surface area contributed by atoms with Gasteiger partial charge >= 0.3 is 5.97 Å². The van der Waals surface area contributed by atoms with Crippen LogP contribution in [-0.4, -0.2) is 25.5 Å². The van der Waals surface area contributed by atoms with Crippen molar-refractivity contribution in [3.05, 3.63) is 58.0 Å². The van der Waals surface area contributed by atoms with E-state index in [4.69, 9.17) is 9.15 Å². The van der Waals surface area contributed by atoms with E-state index in [1.54, 1.807) is 6.07 Å². The lowest BCUT2D eigenvalue weighted by Crippen LogP contribution is -2.34. The predicted octanol–water partition coefficient (Wildman–Crippen LogP) is 6.24. The molecule has 0 atom stereocenters. The first-order valence-electron chi connectivity index (χ1n) is 13.1. The van der Waals surface area contributed by atoms with Gasteiger partial charge < -0.3 is 14.5 Å². The minimum absolute atomic E-state index is 0.00304. The van der Waals surface area contributed by atoms with Crippen molar-refractivity contribution in [3.8, 4) is 0 Å². The molecule has 0 aliphatic heterocycles. The van der Waals surface area contributed by atoms with Crippen LogP contribution in [-0.2, 0) is 26.8 Å². The van der Waals surface area contributed by atoms with E-state index in [9.17, 15) is 9.59 Å². The van der Waals surface area contributed by atoms with Gasteiger partial charge in [0.15, 0.2) is 5.76 Å². The Bertz CT molecular complexity index is 1090. The molecule has 1 amide bonds. The van der Waals surface area contributed by atoms with Crippen LogP contribution in [0.15, 0.2) is 28.7 Å². The molecule has 5 nitrogen and oxygen atoms in total. The Balaban J connectivity index is 1.38. The third-order valence-corrected chi connectivity index (χ3v) is 8.49. The summed E-state index contributed by atoms with van der Waals surface area (Å²) in [4.78, 5) is 24.4. The first-order valence-corrected chi connectivity index (χ1v) is 13.1. The van der Waals surface area contributed by atoms with Crippen LogP contribution < -0.4 is 5.32 Å². The van der Waals surface area contributed by atoms with E-state index < -0.39 is 0 Å². The van der Waals surface area contributed by atoms with Crippen molar-refractivity contribution in [2.45, 2.75) is 90.4 Å². The molecule has 2 aliphatic carbocycles. The van der Waals surface area contributed by atoms with Crippen molar-refractivity contribution >= 4 is 11.9 Å². The maximum atomic E-state index is 12.7. The first-order chi connectivity index (χ1) is 16.5. The van der Waals surface area contributed by atoms with Crippen LogP contribution in [0.25, 0.3) is 0 Å². The predicted molar refractivity (Wildman–Crippen MR) is 138 cm³/mol. The molecule has 2 aliphatic rings. The number of hydrogen-bond acceptors (Lipinski definition) is 4. The molecule has 0 saturated heterocycles. The molecule has 1 heterocycles. The summed E-state index contributed by atoms with van der Waals surface area (Å²) in [7, 11) is 1.45. The van der Waals surface area contributed by atoms with Crippen molar-refractivity contribution in [2.75, 3.05) is 13.7 Å². The fraction of sp³-hybridized carbons (Fsp3) is 0.600. The molecule has 1 aromatic carbocycles. The molecule has 1 N–H and O–H groups in total. The number of ether oxygens (including phenoxy) is 1. The Morgan fingerprint density at radius 1 is 1.00 bits per heavy atom. The zero-order valence-corrected chi connectivity index (χ0v) is 22.3. The number of carbonyl (C=O) groups is 2. The highest BCUT2D eigenvalue weighted by atomic mass is 16.5. The van der Waals surface area contributed by atoms with Crippen LogP contribution in [0.3, 0.4) is 0 Å². The van der Waals surface area contributed by atoms with Crippen LogP contribution in [0, 0.1) is 18.8 Å². The van der Waals surface area contributed by atoms with E-state index in [1.165, 1.54) is 42.2 Å². The number of aryl methyl sites for hydroxylation is 1. The molecular weight excluding hydrogens is 438 g/mol. The fourth-order valence-corrected chi connectivity index (χ4v) is 5.83. The van der Waals surface area contributed by atoms with E-state index in [0.29, 0.717) is 24.6 Å². The van der Waals surface area contributed by atoms with Gasteiger partial charge in [0.05, 0.1) is 13.0 Å². The average molecular weight is 480 g/mol. The van der Waals surface area contributed by atoms with E-state index in [-0.39, 0.29) is 28.6 Å². The standard InChI is InChI=1S/C30H41NO4/c1-19-15-24-25(30(4,5)14-13-29(24,2)3)17-22(19)16-23-11-12-26(35-23)27(32)31-18-20-7-9-21(10-8-20)28(33)34-6/h11-12,15,17,20-21H,7-10,13-14,16,18H2,1-6H3,(H,31,32). The Hall–Kier alpha value is -2.56. The second-order valence-corrected chi connectivity index (χ2v) is 12.0. The molecular formula is C30H41NO4. The lowest BCUT2D eigenvalue weighted by Gasteiger charge is -2.42. The molecule has 5 heteroatoms. The van der Waals surface area contributed by atoms with Gasteiger partial charge in [-0.25, -0.2) is 0 Å². The Morgan fingerprint density at radius 2 is 1.63 bits per heavy atom. The van der Waals surface area contributed by atoms with Crippen molar-refractivity contribution in [2.24, 2.45) is 11.8 Å². The van der Waals surface area contributed by atoms with Gasteiger partial charge in [-0.1, -0.05) is 39.8 Å². The van der Waals surface area contributed by atoms with Crippen molar-refractivity contribution in [1.29, 1.82) is 0 Å². The third kappa shape index (κ3) is 5.49. The molecule has 4 rings (SSSR count). The zero-order valence-electron chi connectivity index (χ0n) is 22.3. The molecule has 0 bridgehead atoms. The third-order valence-electron chi connectivity index (χ3n) is 8.49. The summed E-state index contributed by atoms with van der Waals surface area (Å²) in [6, 6.07) is 8.44. The summed E-state index contributed by atoms with van der Waals surface area (Å²) in [6.07, 6.45) is 6.57. The maximum absolute atomic E-state index is 12.7. The summed E-state index contributed by atoms with van der Waals surface area (Å²) >= 11 is 0. The number of esters is 1. The molecule has 190 valence electrons. The van der Waals surface area contributed by atoms with Gasteiger partial charge in [-0.2, -0.15) is 0 Å². The summed E-state index contributed by atoms with van der Waals surface area (Å²) in [5.74, 6) is 1.28. The molecule has 1 aromatic heterocycles. The number of benzene rings is 1. The Kier molecular flexibility index (Phi) is 7.17. The molecule has 1 saturated carbocycles. The minimum Gasteiger partial charge on any atom is -0.469 e. The number of furan rings is 1. The zero-order chi connectivity index (χ0) is 25.4. The topological polar surface area (TPSA) is 68.5 Å². The second kappa shape index (κ2) is 9.83. The van der Waals surface area contributed by atoms with Crippen molar-refractivity contribution < 1.29 is 18.7 Å². The van der Waals surface area contributed by atoms with Gasteiger partial charge in [-0.15, -0.1) is 0 Å².